The van der Waals surface area contributed by atoms with Gasteiger partial charge in [-0.2, -0.15) is 0 Å². The fraction of sp³-hybridized carbons (Fsp3) is 0.538. The van der Waals surface area contributed by atoms with Gasteiger partial charge in [-0.15, -0.1) is 0 Å². The molecule has 1 aromatic heterocycles. The van der Waals surface area contributed by atoms with Crippen molar-refractivity contribution in [3.05, 3.63) is 45.8 Å². The highest BCUT2D eigenvalue weighted by Gasteiger charge is 2.03. The number of rotatable bonds is 10. The van der Waals surface area contributed by atoms with Crippen molar-refractivity contribution >= 4 is 0 Å². The number of hydrogen-bond donors (Lipinski definition) is 3. The van der Waals surface area contributed by atoms with Crippen LogP contribution in [0, 0.1) is 10.1 Å². The van der Waals surface area contributed by atoms with Crippen LogP contribution in [0.2, 0.25) is 0 Å². The molecule has 0 aliphatic heterocycles. The number of furan rings is 1. The number of nitrogens with one attached hydrogen (secondary N) is 3. The molecule has 0 aliphatic carbocycles. The van der Waals surface area contributed by atoms with E-state index in [0.717, 1.165) is 24.3 Å². The van der Waals surface area contributed by atoms with Gasteiger partial charge in [0.2, 0.25) is 0 Å². The lowest BCUT2D eigenvalue weighted by Gasteiger charge is -2.08. The van der Waals surface area contributed by atoms with E-state index in [4.69, 9.17) is 4.42 Å². The molecule has 0 bridgehead atoms. The first-order valence-corrected chi connectivity index (χ1v) is 6.71. The van der Waals surface area contributed by atoms with Crippen LogP contribution in [0.15, 0.2) is 28.6 Å². The lowest BCUT2D eigenvalue weighted by Crippen LogP contribution is -2.31. The Labute approximate surface area is 124 Å². The van der Waals surface area contributed by atoms with Gasteiger partial charge < -0.3 is 25.3 Å². The molecule has 1 rings (SSSR count). The van der Waals surface area contributed by atoms with Crippen LogP contribution in [0.5, 0.6) is 0 Å². The molecule has 21 heavy (non-hydrogen) atoms. The predicted molar refractivity (Wildman–Crippen MR) is 79.9 cm³/mol. The molecular formula is C13H23N5O3. The molecule has 0 saturated heterocycles. The second-order valence-corrected chi connectivity index (χ2v) is 4.79. The van der Waals surface area contributed by atoms with Gasteiger partial charge in [0.1, 0.15) is 11.5 Å². The smallest absolute Gasteiger partial charge is 0.274 e. The third-order valence-electron chi connectivity index (χ3n) is 2.61. The van der Waals surface area contributed by atoms with Crippen LogP contribution in [0.4, 0.5) is 0 Å². The summed E-state index contributed by atoms with van der Waals surface area (Å²) >= 11 is 0. The zero-order valence-corrected chi connectivity index (χ0v) is 12.7. The van der Waals surface area contributed by atoms with E-state index in [0.29, 0.717) is 25.5 Å². The Morgan fingerprint density at radius 3 is 2.71 bits per heavy atom. The Morgan fingerprint density at radius 2 is 2.10 bits per heavy atom. The summed E-state index contributed by atoms with van der Waals surface area (Å²) in [6.45, 7) is 2.65. The Morgan fingerprint density at radius 1 is 1.38 bits per heavy atom. The number of hydrogen-bond acceptors (Lipinski definition) is 7. The van der Waals surface area contributed by atoms with Gasteiger partial charge in [-0.3, -0.25) is 10.1 Å². The normalized spacial score (nSPS) is 11.7. The first-order chi connectivity index (χ1) is 10.0. The number of nitrogens with zero attached hydrogens (tertiary/aromatic N) is 2. The Hall–Kier alpha value is -2.06. The molecule has 0 aliphatic rings. The molecule has 0 fully saturated rings. The first kappa shape index (κ1) is 17.0. The van der Waals surface area contributed by atoms with Crippen LogP contribution in [0.3, 0.4) is 0 Å². The molecule has 1 aromatic rings. The quantitative estimate of drug-likeness (QED) is 0.325. The maximum absolute atomic E-state index is 10.3. The van der Waals surface area contributed by atoms with Crippen LogP contribution in [0.25, 0.3) is 0 Å². The molecule has 3 N–H and O–H groups in total. The predicted octanol–water partition coefficient (Wildman–Crippen LogP) is 0.315. The Kier molecular flexibility index (Phi) is 7.27. The van der Waals surface area contributed by atoms with Gasteiger partial charge in [0.15, 0.2) is 5.82 Å². The van der Waals surface area contributed by atoms with Gasteiger partial charge in [0.05, 0.1) is 18.0 Å². The van der Waals surface area contributed by atoms with Crippen LogP contribution in [-0.2, 0) is 13.1 Å². The van der Waals surface area contributed by atoms with Crippen LogP contribution in [-0.4, -0.2) is 44.1 Å². The van der Waals surface area contributed by atoms with E-state index in [9.17, 15) is 10.1 Å². The zero-order chi connectivity index (χ0) is 15.7. The van der Waals surface area contributed by atoms with Crippen molar-refractivity contribution in [1.82, 2.24) is 20.9 Å². The molecule has 0 saturated carbocycles. The first-order valence-electron chi connectivity index (χ1n) is 6.71. The molecule has 8 heteroatoms. The van der Waals surface area contributed by atoms with Crippen molar-refractivity contribution in [3.8, 4) is 0 Å². The summed E-state index contributed by atoms with van der Waals surface area (Å²) in [7, 11) is 5.61. The van der Waals surface area contributed by atoms with E-state index in [1.165, 1.54) is 0 Å². The zero-order valence-electron chi connectivity index (χ0n) is 12.7. The Balaban J connectivity index is 2.22. The van der Waals surface area contributed by atoms with E-state index < -0.39 is 4.92 Å². The highest BCUT2D eigenvalue weighted by atomic mass is 16.6. The monoisotopic (exact) mass is 297 g/mol. The van der Waals surface area contributed by atoms with Crippen molar-refractivity contribution in [2.45, 2.75) is 13.1 Å². The van der Waals surface area contributed by atoms with Gasteiger partial charge in [-0.05, 0) is 26.2 Å². The van der Waals surface area contributed by atoms with Crippen LogP contribution >= 0.6 is 0 Å². The average Bonchev–Trinajstić information content (AvgIpc) is 2.83. The van der Waals surface area contributed by atoms with Crippen molar-refractivity contribution in [3.63, 3.8) is 0 Å². The highest BCUT2D eigenvalue weighted by Crippen LogP contribution is 2.08. The molecule has 0 unspecified atom stereocenters. The Bertz CT molecular complexity index is 470. The minimum atomic E-state index is -0.499. The van der Waals surface area contributed by atoms with Crippen LogP contribution < -0.4 is 16.0 Å². The molecule has 0 atom stereocenters. The molecule has 118 valence electrons. The molecule has 0 radical (unpaired) electrons. The van der Waals surface area contributed by atoms with Crippen molar-refractivity contribution < 1.29 is 9.34 Å². The van der Waals surface area contributed by atoms with E-state index in [2.05, 4.69) is 16.0 Å². The molecule has 0 amide bonds. The minimum absolute atomic E-state index is 0.382. The second-order valence-electron chi connectivity index (χ2n) is 4.79. The SMILES string of the molecule is CN/C(=C\[N+](=O)[O-])NCCNCc1ccc(CN(C)C)o1. The molecular weight excluding hydrogens is 274 g/mol. The summed E-state index contributed by atoms with van der Waals surface area (Å²) in [6.07, 6.45) is 0.903. The van der Waals surface area contributed by atoms with E-state index in [-0.39, 0.29) is 0 Å². The van der Waals surface area contributed by atoms with Crippen molar-refractivity contribution in [2.75, 3.05) is 34.2 Å². The van der Waals surface area contributed by atoms with E-state index >= 15 is 0 Å². The second kappa shape index (κ2) is 8.98. The fourth-order valence-electron chi connectivity index (χ4n) is 1.72. The highest BCUT2D eigenvalue weighted by molar-refractivity contribution is 5.06. The molecule has 1 heterocycles. The maximum Gasteiger partial charge on any atom is 0.274 e. The fourth-order valence-corrected chi connectivity index (χ4v) is 1.72. The van der Waals surface area contributed by atoms with E-state index in [1.54, 1.807) is 7.05 Å². The lowest BCUT2D eigenvalue weighted by atomic mass is 10.4. The molecule has 8 nitrogen and oxygen atoms in total. The van der Waals surface area contributed by atoms with Crippen molar-refractivity contribution in [2.24, 2.45) is 0 Å². The summed E-state index contributed by atoms with van der Waals surface area (Å²) in [5.74, 6) is 2.19. The van der Waals surface area contributed by atoms with Crippen LogP contribution in [0.1, 0.15) is 11.5 Å². The largest absolute Gasteiger partial charge is 0.463 e. The summed E-state index contributed by atoms with van der Waals surface area (Å²) < 4.78 is 5.66. The van der Waals surface area contributed by atoms with Gasteiger partial charge in [-0.1, -0.05) is 0 Å². The summed E-state index contributed by atoms with van der Waals surface area (Å²) in [5.41, 5.74) is 0. The summed E-state index contributed by atoms with van der Waals surface area (Å²) in [5, 5.41) is 19.2. The third kappa shape index (κ3) is 7.33. The van der Waals surface area contributed by atoms with Gasteiger partial charge in [0.25, 0.3) is 6.20 Å². The lowest BCUT2D eigenvalue weighted by molar-refractivity contribution is -0.404. The molecule has 0 spiro atoms. The standard InChI is InChI=1S/C13H23N5O3/c1-14-13(10-18(19)20)16-7-6-15-8-11-4-5-12(21-11)9-17(2)3/h4-5,10,14-16H,6-9H2,1-3H3/b13-10+. The maximum atomic E-state index is 10.3. The van der Waals surface area contributed by atoms with Gasteiger partial charge >= 0.3 is 0 Å². The minimum Gasteiger partial charge on any atom is -0.463 e. The van der Waals surface area contributed by atoms with Gasteiger partial charge in [-0.25, -0.2) is 0 Å². The number of nitro groups is 1. The summed E-state index contributed by atoms with van der Waals surface area (Å²) in [4.78, 5) is 11.9. The van der Waals surface area contributed by atoms with E-state index in [1.807, 2.05) is 31.1 Å². The summed E-state index contributed by atoms with van der Waals surface area (Å²) in [6, 6.07) is 3.92. The molecule has 0 aromatic carbocycles. The van der Waals surface area contributed by atoms with Gasteiger partial charge in [0, 0.05) is 20.1 Å². The van der Waals surface area contributed by atoms with Crippen molar-refractivity contribution in [1.29, 1.82) is 0 Å². The third-order valence-corrected chi connectivity index (χ3v) is 2.61. The topological polar surface area (TPSA) is 95.6 Å². The average molecular weight is 297 g/mol.